The second-order valence-corrected chi connectivity index (χ2v) is 4.20. The fourth-order valence-electron chi connectivity index (χ4n) is 1.14. The molecule has 3 amide bonds. The topological polar surface area (TPSA) is 84.2 Å². The molecule has 0 spiro atoms. The Kier molecular flexibility index (Phi) is 4.45. The molecule has 1 atom stereocenters. The van der Waals surface area contributed by atoms with Crippen LogP contribution in [0.25, 0.3) is 0 Å². The second-order valence-electron chi connectivity index (χ2n) is 3.34. The van der Waals surface area contributed by atoms with Crippen LogP contribution in [0.15, 0.2) is 22.7 Å². The lowest BCUT2D eigenvalue weighted by atomic mass is 10.2. The first-order valence-corrected chi connectivity index (χ1v) is 5.51. The van der Waals surface area contributed by atoms with Gasteiger partial charge in [0.1, 0.15) is 11.9 Å². The molecule has 0 heterocycles. The van der Waals surface area contributed by atoms with E-state index in [1.165, 1.54) is 18.2 Å². The average molecular weight is 304 g/mol. The molecule has 4 N–H and O–H groups in total. The third-order valence-corrected chi connectivity index (χ3v) is 2.60. The Labute approximate surface area is 106 Å². The van der Waals surface area contributed by atoms with E-state index in [9.17, 15) is 14.0 Å². The normalized spacial score (nSPS) is 11.7. The molecule has 5 nitrogen and oxygen atoms in total. The molecule has 1 unspecified atom stereocenters. The van der Waals surface area contributed by atoms with Crippen molar-refractivity contribution in [2.75, 3.05) is 5.32 Å². The summed E-state index contributed by atoms with van der Waals surface area (Å²) >= 11 is 3.15. The van der Waals surface area contributed by atoms with Crippen LogP contribution in [0.1, 0.15) is 6.92 Å². The van der Waals surface area contributed by atoms with E-state index < -0.39 is 23.8 Å². The third-order valence-electron chi connectivity index (χ3n) is 1.94. The van der Waals surface area contributed by atoms with E-state index in [0.717, 1.165) is 0 Å². The average Bonchev–Trinajstić information content (AvgIpc) is 2.21. The summed E-state index contributed by atoms with van der Waals surface area (Å²) in [5.41, 5.74) is 5.36. The van der Waals surface area contributed by atoms with Gasteiger partial charge in [-0.25, -0.2) is 9.18 Å². The van der Waals surface area contributed by atoms with Gasteiger partial charge < -0.3 is 11.1 Å². The number of hydrogen-bond acceptors (Lipinski definition) is 3. The summed E-state index contributed by atoms with van der Waals surface area (Å²) in [6.45, 7) is 1.55. The molecule has 0 aliphatic rings. The first-order valence-electron chi connectivity index (χ1n) is 4.72. The maximum Gasteiger partial charge on any atom is 0.318 e. The first-order chi connectivity index (χ1) is 7.90. The zero-order chi connectivity index (χ0) is 13.0. The number of imide groups is 1. The van der Waals surface area contributed by atoms with E-state index >= 15 is 0 Å². The van der Waals surface area contributed by atoms with Crippen LogP contribution in [-0.4, -0.2) is 18.0 Å². The van der Waals surface area contributed by atoms with E-state index in [1.807, 2.05) is 5.32 Å². The maximum atomic E-state index is 12.8. The molecular weight excluding hydrogens is 293 g/mol. The van der Waals surface area contributed by atoms with Gasteiger partial charge in [-0.2, -0.15) is 0 Å². The Bertz CT molecular complexity index is 453. The number of urea groups is 1. The summed E-state index contributed by atoms with van der Waals surface area (Å²) in [4.78, 5) is 21.9. The van der Waals surface area contributed by atoms with Crippen LogP contribution in [0, 0.1) is 5.82 Å². The number of anilines is 1. The predicted octanol–water partition coefficient (Wildman–Crippen LogP) is 1.58. The molecule has 0 fully saturated rings. The number of rotatable bonds is 3. The molecule has 7 heteroatoms. The molecule has 1 aromatic rings. The van der Waals surface area contributed by atoms with Gasteiger partial charge in [-0.1, -0.05) is 0 Å². The van der Waals surface area contributed by atoms with Crippen molar-refractivity contribution in [1.82, 2.24) is 5.32 Å². The maximum absolute atomic E-state index is 12.8. The largest absolute Gasteiger partial charge is 0.373 e. The lowest BCUT2D eigenvalue weighted by Gasteiger charge is -2.15. The summed E-state index contributed by atoms with van der Waals surface area (Å²) in [6, 6.07) is 2.41. The highest BCUT2D eigenvalue weighted by atomic mass is 79.9. The van der Waals surface area contributed by atoms with Gasteiger partial charge in [0.05, 0.1) is 0 Å². The highest BCUT2D eigenvalue weighted by molar-refractivity contribution is 9.10. The Hall–Kier alpha value is -1.63. The van der Waals surface area contributed by atoms with Crippen LogP contribution in [0.4, 0.5) is 14.9 Å². The van der Waals surface area contributed by atoms with Crippen LogP contribution in [0.3, 0.4) is 0 Å². The van der Waals surface area contributed by atoms with Crippen LogP contribution >= 0.6 is 15.9 Å². The SMILES string of the molecule is CC(Nc1ccc(F)cc1Br)C(=O)NC(N)=O. The van der Waals surface area contributed by atoms with Gasteiger partial charge in [0, 0.05) is 10.2 Å². The van der Waals surface area contributed by atoms with Crippen LogP contribution < -0.4 is 16.4 Å². The van der Waals surface area contributed by atoms with Crippen molar-refractivity contribution >= 4 is 33.6 Å². The molecule has 0 aromatic heterocycles. The molecule has 17 heavy (non-hydrogen) atoms. The number of primary amides is 1. The van der Waals surface area contributed by atoms with Crippen LogP contribution in [0.2, 0.25) is 0 Å². The standard InChI is InChI=1S/C10H11BrFN3O2/c1-5(9(16)15-10(13)17)14-8-3-2-6(12)4-7(8)11/h2-5,14H,1H3,(H3,13,15,16,17). The van der Waals surface area contributed by atoms with E-state index in [1.54, 1.807) is 6.92 Å². The fourth-order valence-corrected chi connectivity index (χ4v) is 1.60. The molecule has 0 radical (unpaired) electrons. The zero-order valence-corrected chi connectivity index (χ0v) is 10.5. The smallest absolute Gasteiger partial charge is 0.318 e. The quantitative estimate of drug-likeness (QED) is 0.792. The minimum atomic E-state index is -0.915. The van der Waals surface area contributed by atoms with Crippen molar-refractivity contribution < 1.29 is 14.0 Å². The monoisotopic (exact) mass is 303 g/mol. The number of carbonyl (C=O) groups is 2. The summed E-state index contributed by atoms with van der Waals surface area (Å²) in [5.74, 6) is -0.953. The molecule has 1 aromatic carbocycles. The van der Waals surface area contributed by atoms with Gasteiger partial charge in [0.25, 0.3) is 0 Å². The minimum Gasteiger partial charge on any atom is -0.373 e. The lowest BCUT2D eigenvalue weighted by molar-refractivity contribution is -0.120. The van der Waals surface area contributed by atoms with Gasteiger partial charge in [-0.3, -0.25) is 10.1 Å². The van der Waals surface area contributed by atoms with Gasteiger partial charge in [-0.05, 0) is 41.1 Å². The number of amides is 3. The van der Waals surface area contributed by atoms with Gasteiger partial charge in [0.2, 0.25) is 5.91 Å². The number of carbonyl (C=O) groups excluding carboxylic acids is 2. The van der Waals surface area contributed by atoms with Crippen molar-refractivity contribution in [2.45, 2.75) is 13.0 Å². The van der Waals surface area contributed by atoms with E-state index in [4.69, 9.17) is 5.73 Å². The Balaban J connectivity index is 2.70. The number of hydrogen-bond donors (Lipinski definition) is 3. The highest BCUT2D eigenvalue weighted by Crippen LogP contribution is 2.23. The summed E-state index contributed by atoms with van der Waals surface area (Å²) in [5, 5.41) is 4.75. The Morgan fingerprint density at radius 1 is 1.47 bits per heavy atom. The molecule has 0 saturated heterocycles. The molecule has 0 saturated carbocycles. The lowest BCUT2D eigenvalue weighted by Crippen LogP contribution is -2.43. The molecule has 92 valence electrons. The van der Waals surface area contributed by atoms with Crippen molar-refractivity contribution in [3.05, 3.63) is 28.5 Å². The van der Waals surface area contributed by atoms with Gasteiger partial charge in [0.15, 0.2) is 0 Å². The fraction of sp³-hybridized carbons (Fsp3) is 0.200. The van der Waals surface area contributed by atoms with E-state index in [2.05, 4.69) is 21.2 Å². The molecular formula is C10H11BrFN3O2. The third kappa shape index (κ3) is 4.03. The number of benzene rings is 1. The molecule has 0 bridgehead atoms. The Morgan fingerprint density at radius 3 is 2.65 bits per heavy atom. The Morgan fingerprint density at radius 2 is 2.12 bits per heavy atom. The van der Waals surface area contributed by atoms with E-state index in [-0.39, 0.29) is 0 Å². The summed E-state index contributed by atoms with van der Waals surface area (Å²) in [7, 11) is 0. The van der Waals surface area contributed by atoms with Crippen LogP contribution in [0.5, 0.6) is 0 Å². The zero-order valence-electron chi connectivity index (χ0n) is 8.96. The predicted molar refractivity (Wildman–Crippen MR) is 64.9 cm³/mol. The van der Waals surface area contributed by atoms with Crippen molar-refractivity contribution in [2.24, 2.45) is 5.73 Å². The molecule has 1 rings (SSSR count). The summed E-state index contributed by atoms with van der Waals surface area (Å²) < 4.78 is 13.3. The number of halogens is 2. The summed E-state index contributed by atoms with van der Waals surface area (Å²) in [6.07, 6.45) is 0. The van der Waals surface area contributed by atoms with E-state index in [0.29, 0.717) is 10.2 Å². The molecule has 0 aliphatic heterocycles. The first kappa shape index (κ1) is 13.4. The highest BCUT2D eigenvalue weighted by Gasteiger charge is 2.15. The van der Waals surface area contributed by atoms with Gasteiger partial charge >= 0.3 is 6.03 Å². The second kappa shape index (κ2) is 5.62. The molecule has 0 aliphatic carbocycles. The van der Waals surface area contributed by atoms with Crippen molar-refractivity contribution in [3.63, 3.8) is 0 Å². The number of nitrogens with two attached hydrogens (primary N) is 1. The van der Waals surface area contributed by atoms with Crippen molar-refractivity contribution in [3.8, 4) is 0 Å². The van der Waals surface area contributed by atoms with Crippen molar-refractivity contribution in [1.29, 1.82) is 0 Å². The van der Waals surface area contributed by atoms with Gasteiger partial charge in [-0.15, -0.1) is 0 Å². The number of nitrogens with one attached hydrogen (secondary N) is 2. The van der Waals surface area contributed by atoms with Crippen LogP contribution in [-0.2, 0) is 4.79 Å². The minimum absolute atomic E-state index is 0.392.